The normalized spacial score (nSPS) is 10.3. The van der Waals surface area contributed by atoms with Crippen LogP contribution in [-0.2, 0) is 4.74 Å². The summed E-state index contributed by atoms with van der Waals surface area (Å²) in [6, 6.07) is 7.45. The quantitative estimate of drug-likeness (QED) is 0.840. The van der Waals surface area contributed by atoms with Gasteiger partial charge in [-0.15, -0.1) is 0 Å². The summed E-state index contributed by atoms with van der Waals surface area (Å²) in [5, 5.41) is 0. The average molecular weight is 274 g/mol. The van der Waals surface area contributed by atoms with Crippen LogP contribution in [0, 0.1) is 6.92 Å². The van der Waals surface area contributed by atoms with Gasteiger partial charge in [-0.1, -0.05) is 0 Å². The molecule has 0 saturated heterocycles. The van der Waals surface area contributed by atoms with E-state index in [1.54, 1.807) is 21.0 Å². The predicted molar refractivity (Wildman–Crippen MR) is 77.9 cm³/mol. The third-order valence-electron chi connectivity index (χ3n) is 3.08. The molecule has 2 aromatic rings. The van der Waals surface area contributed by atoms with Crippen molar-refractivity contribution in [3.8, 4) is 17.0 Å². The fourth-order valence-electron chi connectivity index (χ4n) is 2.10. The van der Waals surface area contributed by atoms with E-state index >= 15 is 0 Å². The molecule has 5 nitrogen and oxygen atoms in total. The Hall–Kier alpha value is -2.43. The molecule has 20 heavy (non-hydrogen) atoms. The van der Waals surface area contributed by atoms with E-state index in [-0.39, 0.29) is 0 Å². The van der Waals surface area contributed by atoms with Gasteiger partial charge in [0.25, 0.3) is 0 Å². The number of anilines is 1. The Morgan fingerprint density at radius 3 is 2.50 bits per heavy atom. The number of methoxy groups -OCH3 is 1. The first-order valence-electron chi connectivity index (χ1n) is 6.38. The number of carbonyl (C=O) groups is 1. The van der Waals surface area contributed by atoms with Crippen molar-refractivity contribution in [1.82, 2.24) is 4.98 Å². The van der Waals surface area contributed by atoms with Crippen LogP contribution in [0.15, 0.2) is 24.3 Å². The fourth-order valence-corrected chi connectivity index (χ4v) is 2.10. The smallest absolute Gasteiger partial charge is 0.342 e. The van der Waals surface area contributed by atoms with Crippen LogP contribution in [0.2, 0.25) is 0 Å². The van der Waals surface area contributed by atoms with Crippen LogP contribution in [0.25, 0.3) is 11.3 Å². The molecule has 0 aliphatic rings. The Kier molecular flexibility index (Phi) is 3.98. The Balaban J connectivity index is 2.42. The molecule has 0 radical (unpaired) electrons. The van der Waals surface area contributed by atoms with Crippen molar-refractivity contribution in [3.63, 3.8) is 0 Å². The van der Waals surface area contributed by atoms with Crippen molar-refractivity contribution in [2.24, 2.45) is 0 Å². The molecule has 0 fully saturated rings. The van der Waals surface area contributed by atoms with Crippen LogP contribution in [0.5, 0.6) is 5.75 Å². The second-order valence-electron chi connectivity index (χ2n) is 4.36. The van der Waals surface area contributed by atoms with Crippen molar-refractivity contribution >= 4 is 11.7 Å². The zero-order valence-electron chi connectivity index (χ0n) is 11.8. The number of H-pyrrole nitrogens is 1. The lowest BCUT2D eigenvalue weighted by Gasteiger charge is -2.04. The van der Waals surface area contributed by atoms with E-state index in [2.05, 4.69) is 4.98 Å². The van der Waals surface area contributed by atoms with E-state index in [1.165, 1.54) is 0 Å². The number of hydrogen-bond acceptors (Lipinski definition) is 4. The predicted octanol–water partition coefficient (Wildman–Crippen LogP) is 2.76. The minimum absolute atomic E-state index is 0.320. The largest absolute Gasteiger partial charge is 0.497 e. The van der Waals surface area contributed by atoms with Crippen LogP contribution < -0.4 is 10.5 Å². The molecule has 0 bridgehead atoms. The first kappa shape index (κ1) is 14.0. The zero-order chi connectivity index (χ0) is 14.7. The number of hydrogen-bond donors (Lipinski definition) is 2. The number of aromatic nitrogens is 1. The number of aromatic amines is 1. The van der Waals surface area contributed by atoms with Gasteiger partial charge in [0.05, 0.1) is 25.1 Å². The molecule has 0 atom stereocenters. The molecule has 0 aliphatic heterocycles. The molecule has 5 heteroatoms. The standard InChI is InChI=1S/C15H18N2O3/c1-4-20-15(18)12-9(2)17-14(13(12)16)10-5-7-11(19-3)8-6-10/h5-8,17H,4,16H2,1-3H3. The molecule has 0 aliphatic carbocycles. The molecule has 1 aromatic carbocycles. The van der Waals surface area contributed by atoms with Gasteiger partial charge in [-0.25, -0.2) is 4.79 Å². The third-order valence-corrected chi connectivity index (χ3v) is 3.08. The number of nitrogen functional groups attached to an aromatic ring is 1. The van der Waals surface area contributed by atoms with Crippen LogP contribution in [0.3, 0.4) is 0 Å². The van der Waals surface area contributed by atoms with E-state index in [0.717, 1.165) is 11.3 Å². The first-order valence-corrected chi connectivity index (χ1v) is 6.38. The summed E-state index contributed by atoms with van der Waals surface area (Å²) in [6.07, 6.45) is 0. The summed E-state index contributed by atoms with van der Waals surface area (Å²) in [7, 11) is 1.61. The van der Waals surface area contributed by atoms with E-state index in [1.807, 2.05) is 24.3 Å². The van der Waals surface area contributed by atoms with Crippen molar-refractivity contribution in [3.05, 3.63) is 35.5 Å². The molecule has 3 N–H and O–H groups in total. The number of benzene rings is 1. The van der Waals surface area contributed by atoms with Crippen LogP contribution in [-0.4, -0.2) is 24.7 Å². The average Bonchev–Trinajstić information content (AvgIpc) is 2.74. The van der Waals surface area contributed by atoms with Gasteiger partial charge in [-0.3, -0.25) is 0 Å². The van der Waals surface area contributed by atoms with Gasteiger partial charge in [0.15, 0.2) is 0 Å². The highest BCUT2D eigenvalue weighted by molar-refractivity contribution is 6.00. The zero-order valence-corrected chi connectivity index (χ0v) is 11.8. The highest BCUT2D eigenvalue weighted by atomic mass is 16.5. The lowest BCUT2D eigenvalue weighted by molar-refractivity contribution is 0.0527. The Labute approximate surface area is 117 Å². The molecule has 2 rings (SSSR count). The van der Waals surface area contributed by atoms with Crippen LogP contribution >= 0.6 is 0 Å². The van der Waals surface area contributed by atoms with E-state index in [9.17, 15) is 4.79 Å². The van der Waals surface area contributed by atoms with Gasteiger partial charge < -0.3 is 20.2 Å². The van der Waals surface area contributed by atoms with Gasteiger partial charge in [0, 0.05) is 11.3 Å². The third kappa shape index (κ3) is 2.47. The van der Waals surface area contributed by atoms with Crippen molar-refractivity contribution in [2.45, 2.75) is 13.8 Å². The number of esters is 1. The maximum Gasteiger partial charge on any atom is 0.342 e. The Morgan fingerprint density at radius 2 is 1.95 bits per heavy atom. The number of nitrogens with two attached hydrogens (primary N) is 1. The molecular formula is C15H18N2O3. The number of ether oxygens (including phenoxy) is 2. The monoisotopic (exact) mass is 274 g/mol. The number of carbonyl (C=O) groups excluding carboxylic acids is 1. The Morgan fingerprint density at radius 1 is 1.30 bits per heavy atom. The van der Waals surface area contributed by atoms with Crippen molar-refractivity contribution in [2.75, 3.05) is 19.5 Å². The topological polar surface area (TPSA) is 77.3 Å². The van der Waals surface area contributed by atoms with Crippen LogP contribution in [0.1, 0.15) is 23.0 Å². The highest BCUT2D eigenvalue weighted by Crippen LogP contribution is 2.31. The van der Waals surface area contributed by atoms with Gasteiger partial charge in [0.2, 0.25) is 0 Å². The van der Waals surface area contributed by atoms with Gasteiger partial charge in [-0.05, 0) is 38.1 Å². The molecule has 0 unspecified atom stereocenters. The van der Waals surface area contributed by atoms with Crippen molar-refractivity contribution in [1.29, 1.82) is 0 Å². The summed E-state index contributed by atoms with van der Waals surface area (Å²) in [6.45, 7) is 3.89. The van der Waals surface area contributed by atoms with Crippen LogP contribution in [0.4, 0.5) is 5.69 Å². The van der Waals surface area contributed by atoms with E-state index in [4.69, 9.17) is 15.2 Å². The fraction of sp³-hybridized carbons (Fsp3) is 0.267. The molecule has 1 aromatic heterocycles. The summed E-state index contributed by atoms with van der Waals surface area (Å²) < 4.78 is 10.1. The Bertz CT molecular complexity index is 615. The number of nitrogens with one attached hydrogen (secondary N) is 1. The molecule has 1 heterocycles. The number of aryl methyl sites for hydroxylation is 1. The lowest BCUT2D eigenvalue weighted by atomic mass is 10.1. The van der Waals surface area contributed by atoms with Gasteiger partial charge in [-0.2, -0.15) is 0 Å². The highest BCUT2D eigenvalue weighted by Gasteiger charge is 2.20. The second kappa shape index (κ2) is 5.69. The molecule has 106 valence electrons. The minimum atomic E-state index is -0.404. The van der Waals surface area contributed by atoms with E-state index < -0.39 is 5.97 Å². The lowest BCUT2D eigenvalue weighted by Crippen LogP contribution is -2.07. The number of rotatable bonds is 4. The SMILES string of the molecule is CCOC(=O)c1c(C)[nH]c(-c2ccc(OC)cc2)c1N. The summed E-state index contributed by atoms with van der Waals surface area (Å²) in [4.78, 5) is 15.0. The maximum atomic E-state index is 11.9. The second-order valence-corrected chi connectivity index (χ2v) is 4.36. The minimum Gasteiger partial charge on any atom is -0.497 e. The van der Waals surface area contributed by atoms with Crippen molar-refractivity contribution < 1.29 is 14.3 Å². The summed E-state index contributed by atoms with van der Waals surface area (Å²) >= 11 is 0. The molecule has 0 amide bonds. The molecule has 0 saturated carbocycles. The van der Waals surface area contributed by atoms with Gasteiger partial charge in [0.1, 0.15) is 11.3 Å². The van der Waals surface area contributed by atoms with E-state index in [0.29, 0.717) is 29.2 Å². The summed E-state index contributed by atoms with van der Waals surface area (Å²) in [5.41, 5.74) is 9.19. The summed E-state index contributed by atoms with van der Waals surface area (Å²) in [5.74, 6) is 0.361. The molecular weight excluding hydrogens is 256 g/mol. The first-order chi connectivity index (χ1) is 9.58. The maximum absolute atomic E-state index is 11.9. The van der Waals surface area contributed by atoms with Gasteiger partial charge >= 0.3 is 5.97 Å². The molecule has 0 spiro atoms.